The van der Waals surface area contributed by atoms with E-state index in [1.165, 1.54) is 17.0 Å². The first kappa shape index (κ1) is 20.5. The van der Waals surface area contributed by atoms with Gasteiger partial charge in [-0.15, -0.1) is 0 Å². The SMILES string of the molecule is CCC(C)N1C(=O)[C@@H]2C(Cc3ccc(O)c(O)c3)NC3(C(=O)Nc4ccccc43)[C@@H]2C1=O. The summed E-state index contributed by atoms with van der Waals surface area (Å²) in [6, 6.07) is 10.9. The molecule has 3 aliphatic rings. The average molecular weight is 435 g/mol. The molecule has 166 valence electrons. The van der Waals surface area contributed by atoms with Crippen LogP contribution in [0.1, 0.15) is 31.4 Å². The van der Waals surface area contributed by atoms with Gasteiger partial charge in [0, 0.05) is 23.3 Å². The third kappa shape index (κ3) is 2.62. The molecule has 2 fully saturated rings. The van der Waals surface area contributed by atoms with Gasteiger partial charge in [0.15, 0.2) is 11.5 Å². The van der Waals surface area contributed by atoms with E-state index in [0.29, 0.717) is 29.7 Å². The van der Waals surface area contributed by atoms with Crippen LogP contribution >= 0.6 is 0 Å². The summed E-state index contributed by atoms with van der Waals surface area (Å²) >= 11 is 0. The van der Waals surface area contributed by atoms with Gasteiger partial charge in [0.2, 0.25) is 17.7 Å². The summed E-state index contributed by atoms with van der Waals surface area (Å²) in [4.78, 5) is 41.8. The molecule has 1 spiro atoms. The van der Waals surface area contributed by atoms with Crippen molar-refractivity contribution in [2.24, 2.45) is 11.8 Å². The molecule has 8 nitrogen and oxygen atoms in total. The van der Waals surface area contributed by atoms with Crippen LogP contribution in [0, 0.1) is 11.8 Å². The zero-order valence-electron chi connectivity index (χ0n) is 17.8. The molecule has 3 aliphatic heterocycles. The Kier molecular flexibility index (Phi) is 4.53. The molecule has 2 aromatic carbocycles. The van der Waals surface area contributed by atoms with Gasteiger partial charge in [-0.25, -0.2) is 0 Å². The van der Waals surface area contributed by atoms with Gasteiger partial charge in [-0.1, -0.05) is 31.2 Å². The number of amides is 3. The summed E-state index contributed by atoms with van der Waals surface area (Å²) in [7, 11) is 0. The van der Waals surface area contributed by atoms with Crippen molar-refractivity contribution in [1.82, 2.24) is 10.2 Å². The molecule has 3 amide bonds. The molecule has 0 aromatic heterocycles. The molecule has 5 atom stereocenters. The Balaban J connectivity index is 1.63. The lowest BCUT2D eigenvalue weighted by Gasteiger charge is -2.31. The van der Waals surface area contributed by atoms with Crippen LogP contribution in [0.4, 0.5) is 5.69 Å². The number of nitrogens with zero attached hydrogens (tertiary/aromatic N) is 1. The van der Waals surface area contributed by atoms with Crippen LogP contribution in [-0.4, -0.2) is 44.9 Å². The molecular formula is C24H25N3O5. The number of carbonyl (C=O) groups is 3. The number of rotatable bonds is 4. The number of para-hydroxylation sites is 1. The number of benzene rings is 2. The first-order chi connectivity index (χ1) is 15.3. The van der Waals surface area contributed by atoms with Gasteiger partial charge in [-0.05, 0) is 43.5 Å². The molecule has 3 unspecified atom stereocenters. The van der Waals surface area contributed by atoms with Gasteiger partial charge in [0.1, 0.15) is 5.54 Å². The van der Waals surface area contributed by atoms with E-state index in [1.807, 2.05) is 32.0 Å². The molecule has 32 heavy (non-hydrogen) atoms. The molecule has 0 radical (unpaired) electrons. The Morgan fingerprint density at radius 2 is 1.81 bits per heavy atom. The van der Waals surface area contributed by atoms with Crippen LogP contribution in [0.5, 0.6) is 11.5 Å². The van der Waals surface area contributed by atoms with Crippen LogP contribution in [0.3, 0.4) is 0 Å². The molecule has 0 aliphatic carbocycles. The number of nitrogens with one attached hydrogen (secondary N) is 2. The van der Waals surface area contributed by atoms with E-state index in [9.17, 15) is 24.6 Å². The van der Waals surface area contributed by atoms with Crippen LogP contribution in [-0.2, 0) is 26.3 Å². The molecule has 0 bridgehead atoms. The van der Waals surface area contributed by atoms with Crippen molar-refractivity contribution >= 4 is 23.4 Å². The quantitative estimate of drug-likeness (QED) is 0.430. The van der Waals surface area contributed by atoms with Crippen molar-refractivity contribution in [3.63, 3.8) is 0 Å². The maximum absolute atomic E-state index is 13.6. The number of imide groups is 1. The number of phenols is 2. The summed E-state index contributed by atoms with van der Waals surface area (Å²) in [5.74, 6) is -3.01. The van der Waals surface area contributed by atoms with Gasteiger partial charge in [0.05, 0.1) is 11.8 Å². The fourth-order valence-corrected chi connectivity index (χ4v) is 5.52. The number of anilines is 1. The van der Waals surface area contributed by atoms with Crippen molar-refractivity contribution in [1.29, 1.82) is 0 Å². The van der Waals surface area contributed by atoms with E-state index in [2.05, 4.69) is 10.6 Å². The van der Waals surface area contributed by atoms with E-state index < -0.39 is 23.4 Å². The Morgan fingerprint density at radius 1 is 1.06 bits per heavy atom. The maximum atomic E-state index is 13.6. The van der Waals surface area contributed by atoms with E-state index in [4.69, 9.17) is 0 Å². The highest BCUT2D eigenvalue weighted by Gasteiger charge is 2.70. The fraction of sp³-hybridized carbons (Fsp3) is 0.375. The lowest BCUT2D eigenvalue weighted by molar-refractivity contribution is -0.145. The van der Waals surface area contributed by atoms with Crippen molar-refractivity contribution < 1.29 is 24.6 Å². The predicted octanol–water partition coefficient (Wildman–Crippen LogP) is 1.86. The minimum atomic E-state index is -1.33. The second kappa shape index (κ2) is 7.06. The zero-order chi connectivity index (χ0) is 22.8. The highest BCUT2D eigenvalue weighted by Crippen LogP contribution is 2.53. The number of likely N-dealkylation sites (tertiary alicyclic amines) is 1. The largest absolute Gasteiger partial charge is 0.504 e. The molecule has 0 saturated carbocycles. The van der Waals surface area contributed by atoms with E-state index >= 15 is 0 Å². The molecule has 4 N–H and O–H groups in total. The van der Waals surface area contributed by atoms with E-state index in [1.54, 1.807) is 12.1 Å². The number of hydrogen-bond acceptors (Lipinski definition) is 6. The summed E-state index contributed by atoms with van der Waals surface area (Å²) in [6.07, 6.45) is 0.927. The number of hydrogen-bond donors (Lipinski definition) is 4. The third-order valence-electron chi connectivity index (χ3n) is 7.18. The Bertz CT molecular complexity index is 1150. The molecule has 2 aromatic rings. The molecule has 3 heterocycles. The van der Waals surface area contributed by atoms with Crippen LogP contribution in [0.25, 0.3) is 0 Å². The first-order valence-electron chi connectivity index (χ1n) is 10.9. The van der Waals surface area contributed by atoms with Gasteiger partial charge in [-0.2, -0.15) is 0 Å². The standard InChI is InChI=1S/C24H25N3O5/c1-3-12(2)27-21(30)19-16(10-13-8-9-17(28)18(29)11-13)26-24(20(19)22(27)31)14-6-4-5-7-15(14)25-23(24)32/h4-9,11-12,16,19-20,26,28-29H,3,10H2,1-2H3,(H,25,32)/t12?,16?,19-,20+,24?/m1/s1. The molecule has 5 rings (SSSR count). The van der Waals surface area contributed by atoms with E-state index in [0.717, 1.165) is 0 Å². The van der Waals surface area contributed by atoms with Gasteiger partial charge in [-0.3, -0.25) is 24.6 Å². The number of phenolic OH excluding ortho intramolecular Hbond substituents is 2. The average Bonchev–Trinajstić information content (AvgIpc) is 3.35. The summed E-state index contributed by atoms with van der Waals surface area (Å²) < 4.78 is 0. The molecular weight excluding hydrogens is 410 g/mol. The Hall–Kier alpha value is -3.39. The first-order valence-corrected chi connectivity index (χ1v) is 10.9. The maximum Gasteiger partial charge on any atom is 0.250 e. The third-order valence-corrected chi connectivity index (χ3v) is 7.18. The number of aromatic hydroxyl groups is 2. The topological polar surface area (TPSA) is 119 Å². The van der Waals surface area contributed by atoms with Gasteiger partial charge >= 0.3 is 0 Å². The van der Waals surface area contributed by atoms with Crippen LogP contribution in [0.15, 0.2) is 42.5 Å². The van der Waals surface area contributed by atoms with Crippen molar-refractivity contribution in [3.8, 4) is 11.5 Å². The minimum Gasteiger partial charge on any atom is -0.504 e. The zero-order valence-corrected chi connectivity index (χ0v) is 17.8. The highest BCUT2D eigenvalue weighted by atomic mass is 16.3. The van der Waals surface area contributed by atoms with Crippen molar-refractivity contribution in [2.45, 2.75) is 44.3 Å². The second-order valence-electron chi connectivity index (χ2n) is 8.89. The molecule has 8 heteroatoms. The summed E-state index contributed by atoms with van der Waals surface area (Å²) in [5.41, 5.74) is 0.652. The molecule has 2 saturated heterocycles. The number of fused-ring (bicyclic) bond motifs is 4. The minimum absolute atomic E-state index is 0.235. The second-order valence-corrected chi connectivity index (χ2v) is 8.89. The smallest absolute Gasteiger partial charge is 0.250 e. The van der Waals surface area contributed by atoms with Gasteiger partial charge < -0.3 is 15.5 Å². The van der Waals surface area contributed by atoms with E-state index in [-0.39, 0.29) is 35.3 Å². The van der Waals surface area contributed by atoms with Crippen molar-refractivity contribution in [3.05, 3.63) is 53.6 Å². The fourth-order valence-electron chi connectivity index (χ4n) is 5.52. The monoisotopic (exact) mass is 435 g/mol. The Morgan fingerprint density at radius 3 is 2.53 bits per heavy atom. The summed E-state index contributed by atoms with van der Waals surface area (Å²) in [5, 5.41) is 25.8. The van der Waals surface area contributed by atoms with Crippen LogP contribution < -0.4 is 10.6 Å². The predicted molar refractivity (Wildman–Crippen MR) is 116 cm³/mol. The lowest BCUT2D eigenvalue weighted by atomic mass is 9.76. The Labute approximate surface area is 185 Å². The lowest BCUT2D eigenvalue weighted by Crippen LogP contribution is -2.54. The van der Waals surface area contributed by atoms with Crippen molar-refractivity contribution in [2.75, 3.05) is 5.32 Å². The van der Waals surface area contributed by atoms with Gasteiger partial charge in [0.25, 0.3) is 0 Å². The normalized spacial score (nSPS) is 29.4. The highest BCUT2D eigenvalue weighted by molar-refractivity contribution is 6.15. The number of carbonyl (C=O) groups excluding carboxylic acids is 3. The van der Waals surface area contributed by atoms with Crippen LogP contribution in [0.2, 0.25) is 0 Å². The summed E-state index contributed by atoms with van der Waals surface area (Å²) in [6.45, 7) is 3.76.